The molecular formula is C12H19ClN2O. The normalized spacial score (nSPS) is 10.5. The second kappa shape index (κ2) is 6.71. The predicted molar refractivity (Wildman–Crippen MR) is 68.0 cm³/mol. The van der Waals surface area contributed by atoms with Crippen LogP contribution in [0.25, 0.3) is 0 Å². The molecule has 1 rings (SSSR count). The van der Waals surface area contributed by atoms with Gasteiger partial charge >= 0.3 is 0 Å². The molecule has 0 aliphatic heterocycles. The van der Waals surface area contributed by atoms with Crippen LogP contribution in [-0.4, -0.2) is 23.7 Å². The summed E-state index contributed by atoms with van der Waals surface area (Å²) in [5.41, 5.74) is 0.731. The Labute approximate surface area is 102 Å². The summed E-state index contributed by atoms with van der Waals surface area (Å²) in [7, 11) is 2.01. The van der Waals surface area contributed by atoms with Crippen molar-refractivity contribution in [2.75, 3.05) is 18.5 Å². The number of nitrogens with zero attached hydrogens (tertiary/aromatic N) is 2. The van der Waals surface area contributed by atoms with Crippen LogP contribution in [0.15, 0.2) is 12.3 Å². The van der Waals surface area contributed by atoms with Crippen molar-refractivity contribution in [2.24, 2.45) is 0 Å². The fourth-order valence-electron chi connectivity index (χ4n) is 1.51. The second-order valence-corrected chi connectivity index (χ2v) is 4.33. The molecule has 0 atom stereocenters. The number of halogens is 1. The SMILES string of the molecule is CCCCCN(C)c1cc(CO)c(Cl)cn1. The lowest BCUT2D eigenvalue weighted by Crippen LogP contribution is -2.19. The van der Waals surface area contributed by atoms with Crippen molar-refractivity contribution in [2.45, 2.75) is 32.8 Å². The first kappa shape index (κ1) is 13.3. The molecule has 1 N–H and O–H groups in total. The number of aliphatic hydroxyl groups is 1. The number of hydrogen-bond donors (Lipinski definition) is 1. The van der Waals surface area contributed by atoms with Gasteiger partial charge < -0.3 is 10.0 Å². The second-order valence-electron chi connectivity index (χ2n) is 3.92. The Morgan fingerprint density at radius 1 is 1.44 bits per heavy atom. The zero-order valence-corrected chi connectivity index (χ0v) is 10.7. The van der Waals surface area contributed by atoms with Crippen LogP contribution < -0.4 is 4.90 Å². The lowest BCUT2D eigenvalue weighted by molar-refractivity contribution is 0.282. The zero-order chi connectivity index (χ0) is 12.0. The number of hydrogen-bond acceptors (Lipinski definition) is 3. The first-order chi connectivity index (χ1) is 7.69. The van der Waals surface area contributed by atoms with Crippen LogP contribution in [0.1, 0.15) is 31.7 Å². The van der Waals surface area contributed by atoms with Crippen molar-refractivity contribution in [3.63, 3.8) is 0 Å². The molecule has 0 saturated heterocycles. The number of anilines is 1. The highest BCUT2D eigenvalue weighted by Crippen LogP contribution is 2.20. The third-order valence-electron chi connectivity index (χ3n) is 2.58. The molecule has 0 spiro atoms. The van der Waals surface area contributed by atoms with E-state index in [1.807, 2.05) is 13.1 Å². The van der Waals surface area contributed by atoms with E-state index in [1.54, 1.807) is 6.20 Å². The van der Waals surface area contributed by atoms with Gasteiger partial charge in [0.2, 0.25) is 0 Å². The minimum Gasteiger partial charge on any atom is -0.392 e. The fraction of sp³-hybridized carbons (Fsp3) is 0.583. The standard InChI is InChI=1S/C12H19ClN2O/c1-3-4-5-6-15(2)12-7-10(9-16)11(13)8-14-12/h7-8,16H,3-6,9H2,1-2H3. The average molecular weight is 243 g/mol. The van der Waals surface area contributed by atoms with Crippen LogP contribution in [0.2, 0.25) is 5.02 Å². The lowest BCUT2D eigenvalue weighted by atomic mass is 10.2. The molecule has 0 unspecified atom stereocenters. The molecule has 0 fully saturated rings. The molecule has 1 heterocycles. The molecule has 4 heteroatoms. The smallest absolute Gasteiger partial charge is 0.128 e. The monoisotopic (exact) mass is 242 g/mol. The van der Waals surface area contributed by atoms with E-state index in [0.717, 1.165) is 24.3 Å². The number of aromatic nitrogens is 1. The van der Waals surface area contributed by atoms with E-state index in [4.69, 9.17) is 16.7 Å². The van der Waals surface area contributed by atoms with Crippen LogP contribution in [0, 0.1) is 0 Å². The third-order valence-corrected chi connectivity index (χ3v) is 2.92. The van der Waals surface area contributed by atoms with Gasteiger partial charge in [-0.2, -0.15) is 0 Å². The number of unbranched alkanes of at least 4 members (excludes halogenated alkanes) is 2. The van der Waals surface area contributed by atoms with Crippen LogP contribution in [-0.2, 0) is 6.61 Å². The summed E-state index contributed by atoms with van der Waals surface area (Å²) >= 11 is 5.89. The molecule has 0 saturated carbocycles. The van der Waals surface area contributed by atoms with Gasteiger partial charge in [0.05, 0.1) is 11.6 Å². The van der Waals surface area contributed by atoms with Gasteiger partial charge in [0.15, 0.2) is 0 Å². The molecule has 0 radical (unpaired) electrons. The lowest BCUT2D eigenvalue weighted by Gasteiger charge is -2.18. The first-order valence-electron chi connectivity index (χ1n) is 5.65. The molecule has 0 bridgehead atoms. The highest BCUT2D eigenvalue weighted by molar-refractivity contribution is 6.31. The molecule has 0 amide bonds. The Morgan fingerprint density at radius 2 is 2.19 bits per heavy atom. The van der Waals surface area contributed by atoms with E-state index in [0.29, 0.717) is 5.02 Å². The maximum Gasteiger partial charge on any atom is 0.128 e. The van der Waals surface area contributed by atoms with Gasteiger partial charge in [0, 0.05) is 25.4 Å². The Kier molecular flexibility index (Phi) is 5.56. The number of pyridine rings is 1. The van der Waals surface area contributed by atoms with Crippen LogP contribution in [0.5, 0.6) is 0 Å². The maximum absolute atomic E-state index is 9.11. The summed E-state index contributed by atoms with van der Waals surface area (Å²) in [6.45, 7) is 3.12. The van der Waals surface area contributed by atoms with Gasteiger partial charge in [-0.15, -0.1) is 0 Å². The Morgan fingerprint density at radius 3 is 2.81 bits per heavy atom. The topological polar surface area (TPSA) is 36.4 Å². The van der Waals surface area contributed by atoms with E-state index in [9.17, 15) is 0 Å². The van der Waals surface area contributed by atoms with Crippen LogP contribution >= 0.6 is 11.6 Å². The number of aliphatic hydroxyl groups excluding tert-OH is 1. The Bertz CT molecular complexity index is 331. The Hall–Kier alpha value is -0.800. The molecule has 0 aliphatic carbocycles. The summed E-state index contributed by atoms with van der Waals surface area (Å²) < 4.78 is 0. The summed E-state index contributed by atoms with van der Waals surface area (Å²) in [5, 5.41) is 9.63. The van der Waals surface area contributed by atoms with Crippen molar-refractivity contribution in [3.05, 3.63) is 22.8 Å². The van der Waals surface area contributed by atoms with E-state index in [1.165, 1.54) is 12.8 Å². The highest BCUT2D eigenvalue weighted by atomic mass is 35.5. The minimum absolute atomic E-state index is 0.0445. The van der Waals surface area contributed by atoms with E-state index in [2.05, 4.69) is 16.8 Å². The highest BCUT2D eigenvalue weighted by Gasteiger charge is 2.06. The summed E-state index contributed by atoms with van der Waals surface area (Å²) in [6.07, 6.45) is 5.19. The van der Waals surface area contributed by atoms with Crippen molar-refractivity contribution >= 4 is 17.4 Å². The minimum atomic E-state index is -0.0445. The zero-order valence-electron chi connectivity index (χ0n) is 9.91. The quantitative estimate of drug-likeness (QED) is 0.780. The molecule has 90 valence electrons. The van der Waals surface area contributed by atoms with Crippen molar-refractivity contribution < 1.29 is 5.11 Å². The fourth-order valence-corrected chi connectivity index (χ4v) is 1.67. The average Bonchev–Trinajstić information content (AvgIpc) is 2.30. The Balaban J connectivity index is 2.64. The van der Waals surface area contributed by atoms with Gasteiger partial charge in [-0.1, -0.05) is 31.4 Å². The van der Waals surface area contributed by atoms with E-state index in [-0.39, 0.29) is 6.61 Å². The van der Waals surface area contributed by atoms with Gasteiger partial charge in [0.25, 0.3) is 0 Å². The van der Waals surface area contributed by atoms with Gasteiger partial charge in [0.1, 0.15) is 5.82 Å². The van der Waals surface area contributed by atoms with Gasteiger partial charge in [-0.05, 0) is 12.5 Å². The van der Waals surface area contributed by atoms with Crippen LogP contribution in [0.3, 0.4) is 0 Å². The largest absolute Gasteiger partial charge is 0.392 e. The van der Waals surface area contributed by atoms with Crippen LogP contribution in [0.4, 0.5) is 5.82 Å². The first-order valence-corrected chi connectivity index (χ1v) is 6.03. The van der Waals surface area contributed by atoms with E-state index >= 15 is 0 Å². The molecule has 16 heavy (non-hydrogen) atoms. The van der Waals surface area contributed by atoms with Crippen molar-refractivity contribution in [1.29, 1.82) is 0 Å². The molecule has 0 aliphatic rings. The molecule has 3 nitrogen and oxygen atoms in total. The number of rotatable bonds is 6. The van der Waals surface area contributed by atoms with Gasteiger partial charge in [-0.3, -0.25) is 0 Å². The summed E-state index contributed by atoms with van der Waals surface area (Å²) in [6, 6.07) is 1.84. The molecular weight excluding hydrogens is 224 g/mol. The van der Waals surface area contributed by atoms with E-state index < -0.39 is 0 Å². The predicted octanol–water partition coefficient (Wildman–Crippen LogP) is 2.85. The van der Waals surface area contributed by atoms with Crippen molar-refractivity contribution in [1.82, 2.24) is 4.98 Å². The molecule has 1 aromatic rings. The van der Waals surface area contributed by atoms with Gasteiger partial charge in [-0.25, -0.2) is 4.98 Å². The van der Waals surface area contributed by atoms with Crippen molar-refractivity contribution in [3.8, 4) is 0 Å². The summed E-state index contributed by atoms with van der Waals surface area (Å²) in [5.74, 6) is 0.865. The molecule has 1 aromatic heterocycles. The third kappa shape index (κ3) is 3.65. The molecule has 0 aromatic carbocycles. The summed E-state index contributed by atoms with van der Waals surface area (Å²) in [4.78, 5) is 6.34. The maximum atomic E-state index is 9.11.